The number of aromatic nitrogens is 2. The van der Waals surface area contributed by atoms with Gasteiger partial charge in [0, 0.05) is 76.6 Å². The highest BCUT2D eigenvalue weighted by Crippen LogP contribution is 2.21. The first kappa shape index (κ1) is 58.3. The molecule has 2 aromatic heterocycles. The molecule has 6 aromatic rings. The molecule has 0 aliphatic carbocycles. The molecule has 7 aliphatic rings. The lowest BCUT2D eigenvalue weighted by molar-refractivity contribution is 0.303. The van der Waals surface area contributed by atoms with Crippen molar-refractivity contribution in [3.8, 4) is 11.5 Å². The zero-order chi connectivity index (χ0) is 52.5. The third kappa shape index (κ3) is 23.1. The van der Waals surface area contributed by atoms with Crippen molar-refractivity contribution in [1.29, 1.82) is 0 Å². The van der Waals surface area contributed by atoms with Crippen LogP contribution in [-0.4, -0.2) is 23.2 Å². The summed E-state index contributed by atoms with van der Waals surface area (Å²) in [4.78, 5) is 10.2. The Morgan fingerprint density at radius 1 is 0.289 bits per heavy atom. The van der Waals surface area contributed by atoms with Crippen molar-refractivity contribution < 1.29 is 9.47 Å². The molecule has 76 heavy (non-hydrogen) atoms. The van der Waals surface area contributed by atoms with Gasteiger partial charge in [-0.15, -0.1) is 0 Å². The van der Waals surface area contributed by atoms with E-state index in [1.165, 1.54) is 160 Å². The summed E-state index contributed by atoms with van der Waals surface area (Å²) < 4.78 is 12.8. The summed E-state index contributed by atoms with van der Waals surface area (Å²) in [6, 6.07) is 44.6. The van der Waals surface area contributed by atoms with Crippen LogP contribution in [0, 0.1) is 0 Å². The Labute approximate surface area is 459 Å². The van der Waals surface area contributed by atoms with Crippen LogP contribution in [0.5, 0.6) is 11.5 Å². The Morgan fingerprint density at radius 3 is 0.763 bits per heavy atom. The maximum absolute atomic E-state index is 6.40. The van der Waals surface area contributed by atoms with Gasteiger partial charge in [-0.05, 0) is 70.2 Å². The van der Waals surface area contributed by atoms with Gasteiger partial charge in [-0.1, -0.05) is 226 Å². The fraction of sp³-hybridized carbons (Fsp3) is 0.500. The molecule has 7 aliphatic heterocycles. The number of rotatable bonds is 24. The van der Waals surface area contributed by atoms with E-state index >= 15 is 0 Å². The lowest BCUT2D eigenvalue weighted by Gasteiger charge is -2.13. The topological polar surface area (TPSA) is 92.4 Å². The number of pyridine rings is 2. The maximum atomic E-state index is 6.40. The molecular formula is C68H94N6O2. The first-order valence-electron chi connectivity index (χ1n) is 30.0. The van der Waals surface area contributed by atoms with Crippen LogP contribution in [0.2, 0.25) is 0 Å². The molecule has 8 heteroatoms. The van der Waals surface area contributed by atoms with E-state index in [-0.39, 0.29) is 0 Å². The first-order chi connectivity index (χ1) is 37.6. The zero-order valence-electron chi connectivity index (χ0n) is 46.9. The summed E-state index contributed by atoms with van der Waals surface area (Å²) >= 11 is 0. The average Bonchev–Trinajstić information content (AvgIpc) is 3.43. The standard InChI is InChI=1S/C68H94N6O2/c1-3-5-7-9-11-13-15-17-19-21-39-75-67-43-63-51-69-47-59-31-23-55(24-32-59)41-57-27-35-61(36-28-57)49-71-53-65-45-68(76-40-22-20-18-16-14-12-10-8-6-4-2)46-66(74-65)54-72-50-62-37-29-58(30-38-62)42-56-25-33-60(34-26-56)48-70-52-64(44-67)73-63/h23-38,43-46,69-72H,3-22,39-42,47-54H2,1-2H3. The van der Waals surface area contributed by atoms with Crippen LogP contribution in [0.4, 0.5) is 0 Å². The molecular weight excluding hydrogens is 933 g/mol. The van der Waals surface area contributed by atoms with Gasteiger partial charge in [-0.3, -0.25) is 9.97 Å². The number of nitrogens with zero attached hydrogens (tertiary/aromatic N) is 2. The number of benzene rings is 4. The van der Waals surface area contributed by atoms with Crippen LogP contribution in [0.1, 0.15) is 210 Å². The monoisotopic (exact) mass is 1030 g/mol. The number of hydrogen-bond donors (Lipinski definition) is 4. The highest BCUT2D eigenvalue weighted by molar-refractivity contribution is 5.34. The van der Waals surface area contributed by atoms with Crippen LogP contribution < -0.4 is 30.7 Å². The summed E-state index contributed by atoms with van der Waals surface area (Å²) in [5, 5.41) is 14.7. The molecule has 0 unspecified atom stereocenters. The van der Waals surface area contributed by atoms with E-state index in [9.17, 15) is 0 Å². The van der Waals surface area contributed by atoms with Gasteiger partial charge in [0.2, 0.25) is 0 Å². The molecule has 0 spiro atoms. The van der Waals surface area contributed by atoms with Gasteiger partial charge in [0.1, 0.15) is 11.5 Å². The van der Waals surface area contributed by atoms with Crippen LogP contribution >= 0.6 is 0 Å². The molecule has 0 fully saturated rings. The van der Waals surface area contributed by atoms with Crippen molar-refractivity contribution in [2.45, 2.75) is 207 Å². The second-order valence-corrected chi connectivity index (χ2v) is 21.7. The molecule has 0 atom stereocenters. The van der Waals surface area contributed by atoms with E-state index in [0.717, 1.165) is 99.4 Å². The molecule has 13 rings (SSSR count). The predicted molar refractivity (Wildman–Crippen MR) is 317 cm³/mol. The minimum atomic E-state index is 0.671. The number of nitrogens with one attached hydrogen (secondary N) is 4. The number of hydrogen-bond acceptors (Lipinski definition) is 8. The van der Waals surface area contributed by atoms with Gasteiger partial charge in [-0.2, -0.15) is 0 Å². The highest BCUT2D eigenvalue weighted by Gasteiger charge is 2.10. The Morgan fingerprint density at radius 2 is 0.513 bits per heavy atom. The molecule has 12 bridgehead atoms. The highest BCUT2D eigenvalue weighted by atomic mass is 16.5. The third-order valence-corrected chi connectivity index (χ3v) is 14.8. The summed E-state index contributed by atoms with van der Waals surface area (Å²) in [5.74, 6) is 1.83. The smallest absolute Gasteiger partial charge is 0.123 e. The van der Waals surface area contributed by atoms with Gasteiger partial charge in [0.25, 0.3) is 0 Å². The maximum Gasteiger partial charge on any atom is 0.123 e. The Balaban J connectivity index is 0.959. The van der Waals surface area contributed by atoms with E-state index in [2.05, 4.69) is 156 Å². The second-order valence-electron chi connectivity index (χ2n) is 21.7. The summed E-state index contributed by atoms with van der Waals surface area (Å²) in [6.07, 6.45) is 28.1. The summed E-state index contributed by atoms with van der Waals surface area (Å²) in [7, 11) is 0. The minimum absolute atomic E-state index is 0.671. The van der Waals surface area contributed by atoms with Crippen molar-refractivity contribution in [2.75, 3.05) is 13.2 Å². The largest absolute Gasteiger partial charge is 0.493 e. The lowest BCUT2D eigenvalue weighted by atomic mass is 10.0. The van der Waals surface area contributed by atoms with Gasteiger partial charge < -0.3 is 30.7 Å². The quantitative estimate of drug-likeness (QED) is 0.0446. The van der Waals surface area contributed by atoms with E-state index in [1.54, 1.807) is 0 Å². The van der Waals surface area contributed by atoms with Gasteiger partial charge in [-0.25, -0.2) is 0 Å². The van der Waals surface area contributed by atoms with Crippen molar-refractivity contribution >= 4 is 0 Å². The van der Waals surface area contributed by atoms with Crippen molar-refractivity contribution in [3.05, 3.63) is 189 Å². The molecule has 4 aromatic carbocycles. The molecule has 0 saturated heterocycles. The van der Waals surface area contributed by atoms with Crippen molar-refractivity contribution in [2.24, 2.45) is 0 Å². The van der Waals surface area contributed by atoms with Crippen molar-refractivity contribution in [1.82, 2.24) is 31.2 Å². The average molecular weight is 1030 g/mol. The minimum Gasteiger partial charge on any atom is -0.493 e. The van der Waals surface area contributed by atoms with Crippen LogP contribution in [-0.2, 0) is 65.2 Å². The van der Waals surface area contributed by atoms with Crippen LogP contribution in [0.3, 0.4) is 0 Å². The third-order valence-electron chi connectivity index (χ3n) is 14.8. The molecule has 9 heterocycles. The molecule has 408 valence electrons. The number of unbranched alkanes of at least 4 members (excludes halogenated alkanes) is 18. The first-order valence-corrected chi connectivity index (χ1v) is 30.0. The molecule has 4 N–H and O–H groups in total. The van der Waals surface area contributed by atoms with Gasteiger partial charge in [0.15, 0.2) is 0 Å². The van der Waals surface area contributed by atoms with Crippen LogP contribution in [0.25, 0.3) is 0 Å². The normalized spacial score (nSPS) is 13.8. The molecule has 0 amide bonds. The van der Waals surface area contributed by atoms with E-state index in [1.807, 2.05) is 0 Å². The lowest BCUT2D eigenvalue weighted by Crippen LogP contribution is -2.17. The molecule has 0 radical (unpaired) electrons. The summed E-state index contributed by atoms with van der Waals surface area (Å²) in [6.45, 7) is 11.8. The van der Waals surface area contributed by atoms with E-state index in [4.69, 9.17) is 19.4 Å². The Bertz CT molecular complexity index is 2160. The number of ether oxygens (including phenoxy) is 2. The van der Waals surface area contributed by atoms with Gasteiger partial charge in [0.05, 0.1) is 36.0 Å². The SMILES string of the molecule is CCCCCCCCCCCCOc1cc2nc(c1)CNCc1ccc(cc1)Cc1ccc(cc1)CNCc1cc(OCCCCCCCCCCCC)cc(n1)CNCc1ccc(cc1)Cc1ccc(cc1)CNC2. The fourth-order valence-corrected chi connectivity index (χ4v) is 10.2. The van der Waals surface area contributed by atoms with Gasteiger partial charge >= 0.3 is 0 Å². The van der Waals surface area contributed by atoms with Crippen LogP contribution in [0.15, 0.2) is 121 Å². The van der Waals surface area contributed by atoms with E-state index in [0.29, 0.717) is 26.2 Å². The zero-order valence-corrected chi connectivity index (χ0v) is 46.9. The van der Waals surface area contributed by atoms with E-state index < -0.39 is 0 Å². The predicted octanol–water partition coefficient (Wildman–Crippen LogP) is 15.7. The molecule has 0 saturated carbocycles. The molecule has 8 nitrogen and oxygen atoms in total. The Hall–Kier alpha value is -5.38. The summed E-state index contributed by atoms with van der Waals surface area (Å²) in [5.41, 5.74) is 14.3. The Kier molecular flexibility index (Phi) is 26.9. The second kappa shape index (κ2) is 35.1. The fourth-order valence-electron chi connectivity index (χ4n) is 10.2. The van der Waals surface area contributed by atoms with Crippen molar-refractivity contribution in [3.63, 3.8) is 0 Å².